The molecule has 96 valence electrons. The van der Waals surface area contributed by atoms with Gasteiger partial charge >= 0.3 is 6.18 Å². The number of nitrogens with zero attached hydrogens (tertiary/aromatic N) is 1. The Labute approximate surface area is 103 Å². The van der Waals surface area contributed by atoms with Crippen molar-refractivity contribution in [3.05, 3.63) is 34.8 Å². The molecule has 0 aliphatic rings. The van der Waals surface area contributed by atoms with Gasteiger partial charge in [-0.15, -0.1) is 0 Å². The molecule has 0 aliphatic heterocycles. The number of rotatable bonds is 1. The van der Waals surface area contributed by atoms with Crippen molar-refractivity contribution >= 4 is 17.4 Å². The molecular formula is C10H5ClF4N2O. The summed E-state index contributed by atoms with van der Waals surface area (Å²) in [5.74, 6) is -3.00. The lowest BCUT2D eigenvalue weighted by Gasteiger charge is -2.08. The van der Waals surface area contributed by atoms with Crippen molar-refractivity contribution in [2.45, 2.75) is 6.18 Å². The zero-order valence-corrected chi connectivity index (χ0v) is 9.31. The van der Waals surface area contributed by atoms with E-state index in [0.29, 0.717) is 0 Å². The van der Waals surface area contributed by atoms with Crippen LogP contribution in [0.5, 0.6) is 0 Å². The minimum Gasteiger partial charge on any atom is -0.380 e. The minimum absolute atomic E-state index is 0.213. The number of hydrogen-bond acceptors (Lipinski definition) is 3. The van der Waals surface area contributed by atoms with Crippen LogP contribution in [0.4, 0.5) is 23.4 Å². The van der Waals surface area contributed by atoms with E-state index < -0.39 is 34.7 Å². The number of alkyl halides is 3. The highest BCUT2D eigenvalue weighted by Crippen LogP contribution is 2.43. The van der Waals surface area contributed by atoms with Gasteiger partial charge in [-0.2, -0.15) is 13.2 Å². The van der Waals surface area contributed by atoms with Gasteiger partial charge in [0.05, 0.1) is 10.6 Å². The number of nitrogen functional groups attached to an aromatic ring is 1. The molecule has 0 amide bonds. The Balaban J connectivity index is 2.76. The zero-order chi connectivity index (χ0) is 13.5. The predicted octanol–water partition coefficient (Wildman–Crippen LogP) is 3.74. The highest BCUT2D eigenvalue weighted by atomic mass is 35.5. The van der Waals surface area contributed by atoms with E-state index in [0.717, 1.165) is 6.07 Å². The van der Waals surface area contributed by atoms with E-state index in [-0.39, 0.29) is 5.02 Å². The van der Waals surface area contributed by atoms with Crippen LogP contribution in [0, 0.1) is 5.82 Å². The number of hydrogen-bond donors (Lipinski definition) is 1. The molecule has 0 spiro atoms. The molecule has 2 aromatic rings. The molecule has 0 bridgehead atoms. The first-order chi connectivity index (χ1) is 8.32. The molecule has 1 aromatic carbocycles. The summed E-state index contributed by atoms with van der Waals surface area (Å²) in [5, 5.41) is 2.79. The van der Waals surface area contributed by atoms with Crippen LogP contribution in [-0.2, 0) is 6.18 Å². The second-order valence-corrected chi connectivity index (χ2v) is 3.77. The van der Waals surface area contributed by atoms with Crippen molar-refractivity contribution in [1.82, 2.24) is 5.16 Å². The Bertz CT molecular complexity index is 574. The van der Waals surface area contributed by atoms with Gasteiger partial charge in [0.25, 0.3) is 5.76 Å². The molecule has 0 saturated heterocycles. The first kappa shape index (κ1) is 12.7. The van der Waals surface area contributed by atoms with Crippen molar-refractivity contribution in [2.75, 3.05) is 5.73 Å². The molecular weight excluding hydrogens is 276 g/mol. The number of benzene rings is 1. The molecule has 0 atom stereocenters. The molecule has 2 N–H and O–H groups in total. The van der Waals surface area contributed by atoms with Crippen LogP contribution in [0.3, 0.4) is 0 Å². The Morgan fingerprint density at radius 1 is 1.22 bits per heavy atom. The molecule has 0 fully saturated rings. The number of aromatic nitrogens is 1. The summed E-state index contributed by atoms with van der Waals surface area (Å²) < 4.78 is 55.7. The van der Waals surface area contributed by atoms with Crippen LogP contribution in [0.15, 0.2) is 22.7 Å². The summed E-state index contributed by atoms with van der Waals surface area (Å²) in [4.78, 5) is 0. The van der Waals surface area contributed by atoms with Crippen molar-refractivity contribution in [3.8, 4) is 11.1 Å². The summed E-state index contributed by atoms with van der Waals surface area (Å²) in [7, 11) is 0. The van der Waals surface area contributed by atoms with Gasteiger partial charge < -0.3 is 10.3 Å². The Kier molecular flexibility index (Phi) is 2.94. The summed E-state index contributed by atoms with van der Waals surface area (Å²) >= 11 is 5.68. The molecule has 2 rings (SSSR count). The number of nitrogens with two attached hydrogens (primary N) is 1. The van der Waals surface area contributed by atoms with Gasteiger partial charge in [-0.3, -0.25) is 0 Å². The summed E-state index contributed by atoms with van der Waals surface area (Å²) in [6, 6.07) is 3.47. The predicted molar refractivity (Wildman–Crippen MR) is 56.3 cm³/mol. The zero-order valence-electron chi connectivity index (χ0n) is 8.55. The van der Waals surface area contributed by atoms with Crippen molar-refractivity contribution in [2.24, 2.45) is 0 Å². The third-order valence-electron chi connectivity index (χ3n) is 2.19. The first-order valence-electron chi connectivity index (χ1n) is 4.59. The van der Waals surface area contributed by atoms with Crippen LogP contribution >= 0.6 is 11.6 Å². The van der Waals surface area contributed by atoms with E-state index in [2.05, 4.69) is 9.68 Å². The molecule has 8 heteroatoms. The maximum Gasteiger partial charge on any atom is 0.453 e. The van der Waals surface area contributed by atoms with Gasteiger partial charge in [0.1, 0.15) is 5.82 Å². The standard InChI is InChI=1S/C10H5ClF4N2O/c11-4-2-1-3-5(12)6(4)7-8(10(13,14)15)18-17-9(7)16/h1-3H,(H2,16,17). The number of halogens is 5. The fraction of sp³-hybridized carbons (Fsp3) is 0.100. The summed E-state index contributed by atoms with van der Waals surface area (Å²) in [6.45, 7) is 0. The first-order valence-corrected chi connectivity index (χ1v) is 4.97. The van der Waals surface area contributed by atoms with Crippen molar-refractivity contribution < 1.29 is 22.1 Å². The lowest BCUT2D eigenvalue weighted by atomic mass is 10.0. The average Bonchev–Trinajstić information content (AvgIpc) is 2.60. The number of anilines is 1. The van der Waals surface area contributed by atoms with Gasteiger partial charge in [0, 0.05) is 5.56 Å². The molecule has 1 aromatic heterocycles. The highest BCUT2D eigenvalue weighted by molar-refractivity contribution is 6.33. The topological polar surface area (TPSA) is 52.0 Å². The third kappa shape index (κ3) is 2.01. The Morgan fingerprint density at radius 2 is 1.89 bits per heavy atom. The van der Waals surface area contributed by atoms with Gasteiger partial charge in [-0.25, -0.2) is 4.39 Å². The Hall–Kier alpha value is -1.76. The molecule has 3 nitrogen and oxygen atoms in total. The van der Waals surface area contributed by atoms with Gasteiger partial charge in [0.15, 0.2) is 5.82 Å². The smallest absolute Gasteiger partial charge is 0.380 e. The van der Waals surface area contributed by atoms with E-state index >= 15 is 0 Å². The third-order valence-corrected chi connectivity index (χ3v) is 2.50. The van der Waals surface area contributed by atoms with E-state index in [4.69, 9.17) is 17.3 Å². The van der Waals surface area contributed by atoms with Crippen LogP contribution < -0.4 is 5.73 Å². The fourth-order valence-electron chi connectivity index (χ4n) is 1.47. The van der Waals surface area contributed by atoms with Crippen molar-refractivity contribution in [1.29, 1.82) is 0 Å². The quantitative estimate of drug-likeness (QED) is 0.810. The van der Waals surface area contributed by atoms with Crippen LogP contribution in [-0.4, -0.2) is 5.16 Å². The summed E-state index contributed by atoms with van der Waals surface area (Å²) in [6.07, 6.45) is -4.84. The minimum atomic E-state index is -4.84. The average molecular weight is 281 g/mol. The Morgan fingerprint density at radius 3 is 2.44 bits per heavy atom. The lowest BCUT2D eigenvalue weighted by molar-refractivity contribution is -0.154. The molecule has 0 aliphatic carbocycles. The van der Waals surface area contributed by atoms with Crippen LogP contribution in [0.2, 0.25) is 5.02 Å². The van der Waals surface area contributed by atoms with Crippen LogP contribution in [0.1, 0.15) is 5.76 Å². The van der Waals surface area contributed by atoms with E-state index in [9.17, 15) is 17.6 Å². The SMILES string of the molecule is Nc1noc(C(F)(F)F)c1-c1c(F)cccc1Cl. The molecule has 18 heavy (non-hydrogen) atoms. The summed E-state index contributed by atoms with van der Waals surface area (Å²) in [5.41, 5.74) is 4.11. The molecule has 1 heterocycles. The van der Waals surface area contributed by atoms with Gasteiger partial charge in [-0.05, 0) is 12.1 Å². The monoisotopic (exact) mass is 280 g/mol. The van der Waals surface area contributed by atoms with E-state index in [1.165, 1.54) is 12.1 Å². The second-order valence-electron chi connectivity index (χ2n) is 3.37. The van der Waals surface area contributed by atoms with E-state index in [1.54, 1.807) is 0 Å². The van der Waals surface area contributed by atoms with Gasteiger partial charge in [-0.1, -0.05) is 22.8 Å². The molecule has 0 radical (unpaired) electrons. The largest absolute Gasteiger partial charge is 0.453 e. The highest BCUT2D eigenvalue weighted by Gasteiger charge is 2.41. The maximum absolute atomic E-state index is 13.6. The van der Waals surface area contributed by atoms with Gasteiger partial charge in [0.2, 0.25) is 0 Å². The fourth-order valence-corrected chi connectivity index (χ4v) is 1.73. The maximum atomic E-state index is 13.6. The van der Waals surface area contributed by atoms with Crippen LogP contribution in [0.25, 0.3) is 11.1 Å². The molecule has 0 unspecified atom stereocenters. The van der Waals surface area contributed by atoms with E-state index in [1.807, 2.05) is 0 Å². The second kappa shape index (κ2) is 4.16. The normalized spacial score (nSPS) is 11.8. The lowest BCUT2D eigenvalue weighted by Crippen LogP contribution is -2.06. The molecule has 0 saturated carbocycles. The van der Waals surface area contributed by atoms with Crippen molar-refractivity contribution in [3.63, 3.8) is 0 Å².